The Morgan fingerprint density at radius 3 is 2.23 bits per heavy atom. The van der Waals surface area contributed by atoms with E-state index in [-0.39, 0.29) is 12.8 Å². The van der Waals surface area contributed by atoms with Crippen molar-refractivity contribution < 1.29 is 23.9 Å². The van der Waals surface area contributed by atoms with Crippen molar-refractivity contribution in [1.82, 2.24) is 10.9 Å². The molecular formula is C21H22ClN3O5. The van der Waals surface area contributed by atoms with Gasteiger partial charge in [-0.05, 0) is 61.4 Å². The summed E-state index contributed by atoms with van der Waals surface area (Å²) in [7, 11) is 0. The number of hydrogen-bond donors (Lipinski definition) is 3. The molecule has 158 valence electrons. The molecule has 9 heteroatoms. The summed E-state index contributed by atoms with van der Waals surface area (Å²) >= 11 is 5.74. The molecule has 0 atom stereocenters. The number of carbonyl (C=O) groups excluding carboxylic acids is 4. The molecular weight excluding hydrogens is 410 g/mol. The molecule has 8 nitrogen and oxygen atoms in total. The lowest BCUT2D eigenvalue weighted by Gasteiger charge is -2.09. The highest BCUT2D eigenvalue weighted by molar-refractivity contribution is 6.30. The summed E-state index contributed by atoms with van der Waals surface area (Å²) < 4.78 is 4.86. The van der Waals surface area contributed by atoms with Gasteiger partial charge in [0.25, 0.3) is 11.8 Å². The fourth-order valence-electron chi connectivity index (χ4n) is 2.31. The van der Waals surface area contributed by atoms with Gasteiger partial charge in [-0.3, -0.25) is 30.0 Å². The summed E-state index contributed by atoms with van der Waals surface area (Å²) in [6, 6.07) is 11.5. The number of aryl methyl sites for hydroxylation is 2. The molecule has 0 radical (unpaired) electrons. The fourth-order valence-corrected chi connectivity index (χ4v) is 2.44. The maximum absolute atomic E-state index is 11.9. The van der Waals surface area contributed by atoms with Gasteiger partial charge < -0.3 is 10.1 Å². The molecule has 30 heavy (non-hydrogen) atoms. The topological polar surface area (TPSA) is 114 Å². The summed E-state index contributed by atoms with van der Waals surface area (Å²) in [4.78, 5) is 47.2. The third kappa shape index (κ3) is 7.56. The molecule has 2 rings (SSSR count). The van der Waals surface area contributed by atoms with Gasteiger partial charge in [0, 0.05) is 22.7 Å². The van der Waals surface area contributed by atoms with Crippen LogP contribution in [0.1, 0.15) is 34.3 Å². The van der Waals surface area contributed by atoms with Crippen LogP contribution in [0.25, 0.3) is 0 Å². The van der Waals surface area contributed by atoms with E-state index in [1.165, 1.54) is 12.1 Å². The highest BCUT2D eigenvalue weighted by Crippen LogP contribution is 2.14. The Morgan fingerprint density at radius 2 is 1.57 bits per heavy atom. The number of halogens is 1. The van der Waals surface area contributed by atoms with Gasteiger partial charge in [-0.25, -0.2) is 0 Å². The highest BCUT2D eigenvalue weighted by Gasteiger charge is 2.12. The monoisotopic (exact) mass is 431 g/mol. The minimum Gasteiger partial charge on any atom is -0.456 e. The number of nitrogens with one attached hydrogen (secondary N) is 3. The second-order valence-corrected chi connectivity index (χ2v) is 6.95. The first kappa shape index (κ1) is 22.9. The van der Waals surface area contributed by atoms with E-state index in [0.717, 1.165) is 11.1 Å². The quantitative estimate of drug-likeness (QED) is 0.460. The number of rotatable bonds is 7. The van der Waals surface area contributed by atoms with E-state index in [9.17, 15) is 19.2 Å². The third-order valence-corrected chi connectivity index (χ3v) is 4.38. The third-order valence-electron chi connectivity index (χ3n) is 4.13. The Hall–Kier alpha value is -3.39. The molecule has 2 aromatic carbocycles. The molecule has 0 bridgehead atoms. The molecule has 0 unspecified atom stereocenters. The summed E-state index contributed by atoms with van der Waals surface area (Å²) in [5.41, 5.74) is 7.48. The Bertz CT molecular complexity index is 944. The molecule has 0 fully saturated rings. The molecule has 0 heterocycles. The van der Waals surface area contributed by atoms with Gasteiger partial charge in [-0.2, -0.15) is 0 Å². The second kappa shape index (κ2) is 11.0. The molecule has 0 spiro atoms. The van der Waals surface area contributed by atoms with Crippen LogP contribution in [0.3, 0.4) is 0 Å². The van der Waals surface area contributed by atoms with Crippen molar-refractivity contribution in [1.29, 1.82) is 0 Å². The van der Waals surface area contributed by atoms with Gasteiger partial charge in [0.15, 0.2) is 6.61 Å². The van der Waals surface area contributed by atoms with Crippen LogP contribution >= 0.6 is 11.6 Å². The van der Waals surface area contributed by atoms with Gasteiger partial charge in [-0.15, -0.1) is 0 Å². The number of esters is 1. The van der Waals surface area contributed by atoms with E-state index >= 15 is 0 Å². The van der Waals surface area contributed by atoms with Crippen LogP contribution in [0.15, 0.2) is 42.5 Å². The van der Waals surface area contributed by atoms with Crippen LogP contribution in [-0.2, 0) is 19.1 Å². The predicted octanol–water partition coefficient (Wildman–Crippen LogP) is 2.68. The zero-order valence-corrected chi connectivity index (χ0v) is 17.3. The number of amides is 3. The number of hydrogen-bond acceptors (Lipinski definition) is 5. The van der Waals surface area contributed by atoms with Gasteiger partial charge in [0.1, 0.15) is 0 Å². The minimum atomic E-state index is -0.704. The average Bonchev–Trinajstić information content (AvgIpc) is 2.72. The summed E-state index contributed by atoms with van der Waals surface area (Å²) in [6.45, 7) is 3.43. The largest absolute Gasteiger partial charge is 0.456 e. The van der Waals surface area contributed by atoms with E-state index in [1.54, 1.807) is 18.2 Å². The van der Waals surface area contributed by atoms with Gasteiger partial charge in [0.2, 0.25) is 5.91 Å². The summed E-state index contributed by atoms with van der Waals surface area (Å²) in [5.74, 6) is -2.28. The van der Waals surface area contributed by atoms with Crippen LogP contribution in [-0.4, -0.2) is 30.3 Å². The first-order valence-electron chi connectivity index (χ1n) is 9.12. The lowest BCUT2D eigenvalue weighted by atomic mass is 10.1. The van der Waals surface area contributed by atoms with Crippen LogP contribution < -0.4 is 16.2 Å². The Labute approximate surface area is 178 Å². The van der Waals surface area contributed by atoms with Crippen molar-refractivity contribution in [2.24, 2.45) is 0 Å². The number of hydrazine groups is 1. The number of ether oxygens (including phenoxy) is 1. The smallest absolute Gasteiger partial charge is 0.306 e. The molecule has 3 N–H and O–H groups in total. The normalized spacial score (nSPS) is 10.1. The standard InChI is InChI=1S/C21H22ClN3O5/c1-13-3-8-17(11-14(13)2)23-19(27)12-30-20(28)10-9-18(26)24-25-21(29)15-4-6-16(22)7-5-15/h3-8,11H,9-10,12H2,1-2H3,(H,23,27)(H,24,26)(H,25,29). The Morgan fingerprint density at radius 1 is 0.867 bits per heavy atom. The maximum Gasteiger partial charge on any atom is 0.306 e. The number of carbonyl (C=O) groups is 4. The second-order valence-electron chi connectivity index (χ2n) is 6.52. The number of benzene rings is 2. The molecule has 2 aromatic rings. The van der Waals surface area contributed by atoms with Crippen molar-refractivity contribution in [3.8, 4) is 0 Å². The minimum absolute atomic E-state index is 0.210. The molecule has 0 aliphatic rings. The van der Waals surface area contributed by atoms with Gasteiger partial charge in [0.05, 0.1) is 6.42 Å². The fraction of sp³-hybridized carbons (Fsp3) is 0.238. The molecule has 0 saturated heterocycles. The predicted molar refractivity (Wildman–Crippen MR) is 112 cm³/mol. The lowest BCUT2D eigenvalue weighted by molar-refractivity contribution is -0.148. The van der Waals surface area contributed by atoms with Crippen molar-refractivity contribution in [2.75, 3.05) is 11.9 Å². The van der Waals surface area contributed by atoms with E-state index in [0.29, 0.717) is 16.3 Å². The van der Waals surface area contributed by atoms with Crippen LogP contribution in [0, 0.1) is 13.8 Å². The van der Waals surface area contributed by atoms with E-state index in [4.69, 9.17) is 16.3 Å². The first-order chi connectivity index (χ1) is 14.2. The molecule has 0 aliphatic heterocycles. The Balaban J connectivity index is 1.65. The van der Waals surface area contributed by atoms with Crippen molar-refractivity contribution in [3.05, 3.63) is 64.2 Å². The molecule has 0 aliphatic carbocycles. The van der Waals surface area contributed by atoms with Crippen LogP contribution in [0.4, 0.5) is 5.69 Å². The van der Waals surface area contributed by atoms with Crippen LogP contribution in [0.5, 0.6) is 0 Å². The van der Waals surface area contributed by atoms with E-state index in [1.807, 2.05) is 26.0 Å². The Kier molecular flexibility index (Phi) is 8.37. The van der Waals surface area contributed by atoms with Gasteiger partial charge >= 0.3 is 5.97 Å². The molecule has 0 aromatic heterocycles. The zero-order chi connectivity index (χ0) is 22.1. The van der Waals surface area contributed by atoms with Crippen molar-refractivity contribution in [3.63, 3.8) is 0 Å². The molecule has 0 saturated carbocycles. The number of anilines is 1. The maximum atomic E-state index is 11.9. The van der Waals surface area contributed by atoms with E-state index < -0.39 is 30.3 Å². The molecule has 3 amide bonds. The van der Waals surface area contributed by atoms with Crippen molar-refractivity contribution in [2.45, 2.75) is 26.7 Å². The zero-order valence-electron chi connectivity index (χ0n) is 16.6. The summed E-state index contributed by atoms with van der Waals surface area (Å²) in [6.07, 6.45) is -0.446. The lowest BCUT2D eigenvalue weighted by Crippen LogP contribution is -2.41. The first-order valence-corrected chi connectivity index (χ1v) is 9.50. The van der Waals surface area contributed by atoms with Crippen LogP contribution in [0.2, 0.25) is 5.02 Å². The average molecular weight is 432 g/mol. The van der Waals surface area contributed by atoms with E-state index in [2.05, 4.69) is 16.2 Å². The van der Waals surface area contributed by atoms with Gasteiger partial charge in [-0.1, -0.05) is 17.7 Å². The highest BCUT2D eigenvalue weighted by atomic mass is 35.5. The summed E-state index contributed by atoms with van der Waals surface area (Å²) in [5, 5.41) is 3.11. The van der Waals surface area contributed by atoms with Crippen molar-refractivity contribution >= 4 is 41.0 Å². The SMILES string of the molecule is Cc1ccc(NC(=O)COC(=O)CCC(=O)NNC(=O)c2ccc(Cl)cc2)cc1C.